The molecule has 0 saturated carbocycles. The smallest absolute Gasteiger partial charge is 0.352 e. The standard InChI is InChI=1S/C24H22N2O5/c1-24(23(28)29,31-18-7-3-2-4-8-18)16-11-13-17(14-12-16)30-15-21-25-20-10-6-5-9-19(20)22(27)26-21/h2-14,21,25H,15H2,1H3,(H,26,27)(H,28,29). The van der Waals surface area contributed by atoms with Crippen LogP contribution in [0.2, 0.25) is 0 Å². The van der Waals surface area contributed by atoms with Crippen molar-refractivity contribution >= 4 is 17.6 Å². The first-order chi connectivity index (χ1) is 15.0. The summed E-state index contributed by atoms with van der Waals surface area (Å²) < 4.78 is 11.6. The van der Waals surface area contributed by atoms with Gasteiger partial charge in [-0.1, -0.05) is 42.5 Å². The third kappa shape index (κ3) is 4.30. The lowest BCUT2D eigenvalue weighted by Crippen LogP contribution is -2.48. The Bertz CT molecular complexity index is 1080. The maximum atomic E-state index is 12.2. The number of rotatable bonds is 7. The highest BCUT2D eigenvalue weighted by Gasteiger charge is 2.38. The molecule has 1 aliphatic heterocycles. The van der Waals surface area contributed by atoms with Crippen LogP contribution in [0.4, 0.5) is 5.69 Å². The fourth-order valence-corrected chi connectivity index (χ4v) is 3.35. The van der Waals surface area contributed by atoms with Crippen LogP contribution in [0.1, 0.15) is 22.8 Å². The number of amides is 1. The lowest BCUT2D eigenvalue weighted by molar-refractivity contribution is -0.154. The number of carbonyl (C=O) groups excluding carboxylic acids is 1. The van der Waals surface area contributed by atoms with Crippen molar-refractivity contribution in [3.8, 4) is 11.5 Å². The van der Waals surface area contributed by atoms with Crippen LogP contribution in [0.15, 0.2) is 78.9 Å². The Labute approximate surface area is 179 Å². The SMILES string of the molecule is CC(Oc1ccccc1)(C(=O)O)c1ccc(OCC2NC(=O)c3ccccc3N2)cc1. The Morgan fingerprint density at radius 3 is 2.32 bits per heavy atom. The van der Waals surface area contributed by atoms with Gasteiger partial charge in [-0.05, 0) is 43.3 Å². The van der Waals surface area contributed by atoms with Gasteiger partial charge in [0.05, 0.1) is 5.56 Å². The molecule has 3 N–H and O–H groups in total. The molecular formula is C24H22N2O5. The number of aliphatic carboxylic acids is 1. The van der Waals surface area contributed by atoms with Crippen LogP contribution in [0.3, 0.4) is 0 Å². The minimum Gasteiger partial charge on any atom is -0.489 e. The number of anilines is 1. The van der Waals surface area contributed by atoms with Crippen LogP contribution in [-0.2, 0) is 10.4 Å². The van der Waals surface area contributed by atoms with Crippen molar-refractivity contribution in [1.29, 1.82) is 0 Å². The van der Waals surface area contributed by atoms with Crippen LogP contribution in [0, 0.1) is 0 Å². The van der Waals surface area contributed by atoms with Crippen LogP contribution in [-0.4, -0.2) is 29.8 Å². The molecule has 0 saturated heterocycles. The van der Waals surface area contributed by atoms with Crippen LogP contribution in [0.25, 0.3) is 0 Å². The van der Waals surface area contributed by atoms with E-state index in [2.05, 4.69) is 10.6 Å². The second-order valence-electron chi connectivity index (χ2n) is 7.30. The number of carbonyl (C=O) groups is 2. The van der Waals surface area contributed by atoms with Crippen molar-refractivity contribution in [2.45, 2.75) is 18.7 Å². The quantitative estimate of drug-likeness (QED) is 0.542. The summed E-state index contributed by atoms with van der Waals surface area (Å²) in [5.74, 6) is -0.246. The van der Waals surface area contributed by atoms with Crippen molar-refractivity contribution in [1.82, 2.24) is 5.32 Å². The molecule has 7 nitrogen and oxygen atoms in total. The van der Waals surface area contributed by atoms with E-state index < -0.39 is 11.6 Å². The van der Waals surface area contributed by atoms with Crippen molar-refractivity contribution in [3.05, 3.63) is 90.0 Å². The van der Waals surface area contributed by atoms with Gasteiger partial charge in [0.2, 0.25) is 5.60 Å². The van der Waals surface area contributed by atoms with Gasteiger partial charge >= 0.3 is 5.97 Å². The average Bonchev–Trinajstić information content (AvgIpc) is 2.78. The fraction of sp³-hybridized carbons (Fsp3) is 0.167. The Morgan fingerprint density at radius 2 is 1.61 bits per heavy atom. The Kier molecular flexibility index (Phi) is 5.49. The molecule has 7 heteroatoms. The van der Waals surface area contributed by atoms with Gasteiger partial charge < -0.3 is 25.2 Å². The normalized spacial score (nSPS) is 16.8. The molecule has 3 aromatic rings. The van der Waals surface area contributed by atoms with Crippen LogP contribution < -0.4 is 20.1 Å². The van der Waals surface area contributed by atoms with Crippen molar-refractivity contribution < 1.29 is 24.2 Å². The van der Waals surface area contributed by atoms with E-state index in [1.165, 1.54) is 6.92 Å². The molecule has 31 heavy (non-hydrogen) atoms. The zero-order valence-electron chi connectivity index (χ0n) is 16.9. The highest BCUT2D eigenvalue weighted by Crippen LogP contribution is 2.30. The second kappa shape index (κ2) is 8.39. The monoisotopic (exact) mass is 418 g/mol. The fourth-order valence-electron chi connectivity index (χ4n) is 3.35. The number of hydrogen-bond donors (Lipinski definition) is 3. The largest absolute Gasteiger partial charge is 0.489 e. The summed E-state index contributed by atoms with van der Waals surface area (Å²) in [5.41, 5.74) is 0.275. The topological polar surface area (TPSA) is 96.9 Å². The number of ether oxygens (including phenoxy) is 2. The summed E-state index contributed by atoms with van der Waals surface area (Å²) in [4.78, 5) is 24.2. The number of carboxylic acids is 1. The molecule has 2 unspecified atom stereocenters. The minimum absolute atomic E-state index is 0.159. The predicted octanol–water partition coefficient (Wildman–Crippen LogP) is 3.63. The summed E-state index contributed by atoms with van der Waals surface area (Å²) in [7, 11) is 0. The summed E-state index contributed by atoms with van der Waals surface area (Å²) >= 11 is 0. The molecule has 3 aromatic carbocycles. The number of benzene rings is 3. The van der Waals surface area contributed by atoms with Gasteiger partial charge in [0.25, 0.3) is 5.91 Å². The zero-order chi connectivity index (χ0) is 21.8. The lowest BCUT2D eigenvalue weighted by atomic mass is 9.95. The Morgan fingerprint density at radius 1 is 0.935 bits per heavy atom. The molecule has 1 heterocycles. The molecule has 158 valence electrons. The van der Waals surface area contributed by atoms with Gasteiger partial charge in [0.1, 0.15) is 24.3 Å². The first kappa shape index (κ1) is 20.3. The molecule has 1 amide bonds. The van der Waals surface area contributed by atoms with Gasteiger partial charge in [-0.2, -0.15) is 0 Å². The molecule has 2 atom stereocenters. The van der Waals surface area contributed by atoms with Gasteiger partial charge in [-0.15, -0.1) is 0 Å². The van der Waals surface area contributed by atoms with Crippen molar-refractivity contribution in [2.24, 2.45) is 0 Å². The van der Waals surface area contributed by atoms with E-state index in [1.54, 1.807) is 54.6 Å². The molecule has 0 fully saturated rings. The number of carboxylic acid groups (broad SMARTS) is 1. The van der Waals surface area contributed by atoms with Crippen LogP contribution >= 0.6 is 0 Å². The third-order valence-electron chi connectivity index (χ3n) is 5.10. The molecule has 0 aromatic heterocycles. The number of fused-ring (bicyclic) bond motifs is 1. The highest BCUT2D eigenvalue weighted by molar-refractivity contribution is 6.01. The van der Waals surface area contributed by atoms with E-state index in [0.29, 0.717) is 22.6 Å². The van der Waals surface area contributed by atoms with Gasteiger partial charge in [-0.3, -0.25) is 4.79 Å². The Balaban J connectivity index is 1.43. The molecule has 0 radical (unpaired) electrons. The third-order valence-corrected chi connectivity index (χ3v) is 5.10. The predicted molar refractivity (Wildman–Crippen MR) is 115 cm³/mol. The van der Waals surface area contributed by atoms with E-state index in [0.717, 1.165) is 5.69 Å². The molecule has 0 aliphatic carbocycles. The summed E-state index contributed by atoms with van der Waals surface area (Å²) in [6.45, 7) is 1.72. The lowest BCUT2D eigenvalue weighted by Gasteiger charge is -2.28. The molecule has 0 bridgehead atoms. The molecular weight excluding hydrogens is 396 g/mol. The Hall–Kier alpha value is -4.00. The van der Waals surface area contributed by atoms with Gasteiger partial charge in [-0.25, -0.2) is 4.79 Å². The average molecular weight is 418 g/mol. The van der Waals surface area contributed by atoms with E-state index in [4.69, 9.17) is 9.47 Å². The first-order valence-corrected chi connectivity index (χ1v) is 9.83. The second-order valence-corrected chi connectivity index (χ2v) is 7.30. The number of hydrogen-bond acceptors (Lipinski definition) is 5. The van der Waals surface area contributed by atoms with E-state index in [9.17, 15) is 14.7 Å². The van der Waals surface area contributed by atoms with E-state index in [-0.39, 0.29) is 18.7 Å². The number of nitrogens with one attached hydrogen (secondary N) is 2. The van der Waals surface area contributed by atoms with E-state index in [1.807, 2.05) is 24.3 Å². The zero-order valence-corrected chi connectivity index (χ0v) is 16.9. The highest BCUT2D eigenvalue weighted by atomic mass is 16.5. The summed E-state index contributed by atoms with van der Waals surface area (Å²) in [6, 6.07) is 22.8. The summed E-state index contributed by atoms with van der Waals surface area (Å²) in [6.07, 6.45) is -0.382. The maximum Gasteiger partial charge on any atom is 0.352 e. The van der Waals surface area contributed by atoms with E-state index >= 15 is 0 Å². The molecule has 0 spiro atoms. The molecule has 4 rings (SSSR count). The van der Waals surface area contributed by atoms with Gasteiger partial charge in [0, 0.05) is 11.3 Å². The minimum atomic E-state index is -1.55. The maximum absolute atomic E-state index is 12.2. The van der Waals surface area contributed by atoms with Crippen molar-refractivity contribution in [2.75, 3.05) is 11.9 Å². The van der Waals surface area contributed by atoms with Crippen molar-refractivity contribution in [3.63, 3.8) is 0 Å². The summed E-state index contributed by atoms with van der Waals surface area (Å²) in [5, 5.41) is 15.9. The first-order valence-electron chi connectivity index (χ1n) is 9.83. The van der Waals surface area contributed by atoms with Crippen LogP contribution in [0.5, 0.6) is 11.5 Å². The van der Waals surface area contributed by atoms with Gasteiger partial charge in [0.15, 0.2) is 0 Å². The number of para-hydroxylation sites is 2. The molecule has 1 aliphatic rings.